The third-order valence-electron chi connectivity index (χ3n) is 3.01. The van der Waals surface area contributed by atoms with Crippen LogP contribution in [0.2, 0.25) is 0 Å². The molecule has 2 rings (SSSR count). The van der Waals surface area contributed by atoms with Gasteiger partial charge in [0.05, 0.1) is 6.21 Å². The first kappa shape index (κ1) is 19.3. The van der Waals surface area contributed by atoms with Crippen LogP contribution in [0.5, 0.6) is 5.75 Å². The number of nitrogens with zero attached hydrogens (tertiary/aromatic N) is 1. The molecule has 0 atom stereocenters. The molecule has 0 saturated heterocycles. The Kier molecular flexibility index (Phi) is 7.04. The zero-order valence-electron chi connectivity index (χ0n) is 13.5. The number of ether oxygens (including phenoxy) is 1. The van der Waals surface area contributed by atoms with Crippen LogP contribution in [0, 0.1) is 5.82 Å². The van der Waals surface area contributed by atoms with E-state index >= 15 is 0 Å². The molecule has 134 valence electrons. The standard InChI is InChI=1S/C18H15BrFN3O3/c1-2-9-26-15-7-8-16(19)12(10-15)11-21-23-18(25)17(24)22-14-5-3-13(20)4-6-14/h2-8,10-11H,1,9H2,(H,22,24)(H,23,25). The van der Waals surface area contributed by atoms with E-state index in [1.165, 1.54) is 30.5 Å². The first-order valence-electron chi connectivity index (χ1n) is 7.43. The molecule has 0 fully saturated rings. The number of rotatable bonds is 6. The highest BCUT2D eigenvalue weighted by atomic mass is 79.9. The fourth-order valence-corrected chi connectivity index (χ4v) is 2.15. The molecule has 0 aromatic heterocycles. The Morgan fingerprint density at radius 2 is 1.92 bits per heavy atom. The largest absolute Gasteiger partial charge is 0.490 e. The molecule has 8 heteroatoms. The van der Waals surface area contributed by atoms with E-state index in [2.05, 4.69) is 38.4 Å². The minimum absolute atomic E-state index is 0.297. The molecule has 6 nitrogen and oxygen atoms in total. The molecular formula is C18H15BrFN3O3. The maximum Gasteiger partial charge on any atom is 0.329 e. The van der Waals surface area contributed by atoms with Crippen LogP contribution >= 0.6 is 15.9 Å². The first-order chi connectivity index (χ1) is 12.5. The van der Waals surface area contributed by atoms with Crippen LogP contribution in [-0.4, -0.2) is 24.6 Å². The zero-order valence-corrected chi connectivity index (χ0v) is 15.1. The van der Waals surface area contributed by atoms with Crippen molar-refractivity contribution in [2.45, 2.75) is 0 Å². The fourth-order valence-electron chi connectivity index (χ4n) is 1.80. The second kappa shape index (κ2) is 9.47. The van der Waals surface area contributed by atoms with Crippen molar-refractivity contribution < 1.29 is 18.7 Å². The molecule has 2 aromatic carbocycles. The summed E-state index contributed by atoms with van der Waals surface area (Å²) in [5, 5.41) is 6.08. The van der Waals surface area contributed by atoms with E-state index in [1.54, 1.807) is 24.3 Å². The average molecular weight is 420 g/mol. The molecule has 0 aliphatic heterocycles. The van der Waals surface area contributed by atoms with E-state index < -0.39 is 17.6 Å². The van der Waals surface area contributed by atoms with Gasteiger partial charge in [-0.05, 0) is 42.5 Å². The number of carbonyl (C=O) groups excluding carboxylic acids is 2. The van der Waals surface area contributed by atoms with Gasteiger partial charge in [-0.25, -0.2) is 9.82 Å². The van der Waals surface area contributed by atoms with Crippen molar-refractivity contribution in [2.24, 2.45) is 5.10 Å². The van der Waals surface area contributed by atoms with Gasteiger partial charge in [0.2, 0.25) is 0 Å². The van der Waals surface area contributed by atoms with Gasteiger partial charge >= 0.3 is 11.8 Å². The number of carbonyl (C=O) groups is 2. The van der Waals surface area contributed by atoms with Crippen molar-refractivity contribution in [1.82, 2.24) is 5.43 Å². The van der Waals surface area contributed by atoms with Crippen molar-refractivity contribution >= 4 is 39.6 Å². The highest BCUT2D eigenvalue weighted by Gasteiger charge is 2.12. The van der Waals surface area contributed by atoms with Crippen molar-refractivity contribution in [1.29, 1.82) is 0 Å². The molecule has 2 amide bonds. The summed E-state index contributed by atoms with van der Waals surface area (Å²) in [6.45, 7) is 3.93. The van der Waals surface area contributed by atoms with Gasteiger partial charge in [0.25, 0.3) is 0 Å². The van der Waals surface area contributed by atoms with Gasteiger partial charge in [-0.15, -0.1) is 0 Å². The lowest BCUT2D eigenvalue weighted by atomic mass is 10.2. The van der Waals surface area contributed by atoms with Gasteiger partial charge in [0.1, 0.15) is 18.2 Å². The summed E-state index contributed by atoms with van der Waals surface area (Å²) in [6.07, 6.45) is 2.99. The van der Waals surface area contributed by atoms with Crippen molar-refractivity contribution in [3.63, 3.8) is 0 Å². The average Bonchev–Trinajstić information content (AvgIpc) is 2.63. The summed E-state index contributed by atoms with van der Waals surface area (Å²) in [5.41, 5.74) is 3.06. The normalized spacial score (nSPS) is 10.4. The molecule has 0 spiro atoms. The molecular weight excluding hydrogens is 405 g/mol. The van der Waals surface area contributed by atoms with E-state index in [4.69, 9.17) is 4.74 Å². The molecule has 0 heterocycles. The SMILES string of the molecule is C=CCOc1ccc(Br)c(C=NNC(=O)C(=O)Nc2ccc(F)cc2)c1. The predicted molar refractivity (Wildman–Crippen MR) is 101 cm³/mol. The monoisotopic (exact) mass is 419 g/mol. The fraction of sp³-hybridized carbons (Fsp3) is 0.0556. The lowest BCUT2D eigenvalue weighted by molar-refractivity contribution is -0.136. The Bertz CT molecular complexity index is 838. The summed E-state index contributed by atoms with van der Waals surface area (Å²) < 4.78 is 19.0. The molecule has 0 radical (unpaired) electrons. The van der Waals surface area contributed by atoms with Crippen LogP contribution < -0.4 is 15.5 Å². The number of halogens is 2. The van der Waals surface area contributed by atoms with Crippen molar-refractivity contribution in [2.75, 3.05) is 11.9 Å². The van der Waals surface area contributed by atoms with Crippen LogP contribution in [0.4, 0.5) is 10.1 Å². The van der Waals surface area contributed by atoms with Crippen LogP contribution in [0.25, 0.3) is 0 Å². The Balaban J connectivity index is 1.94. The second-order valence-corrected chi connectivity index (χ2v) is 5.80. The van der Waals surface area contributed by atoms with Crippen LogP contribution in [0.1, 0.15) is 5.56 Å². The van der Waals surface area contributed by atoms with Gasteiger partial charge in [-0.1, -0.05) is 28.6 Å². The summed E-state index contributed by atoms with van der Waals surface area (Å²) in [5.74, 6) is -1.71. The number of hydrazone groups is 1. The number of anilines is 1. The van der Waals surface area contributed by atoms with E-state index in [1.807, 2.05) is 0 Å². The molecule has 0 saturated carbocycles. The van der Waals surface area contributed by atoms with Gasteiger partial charge in [-0.2, -0.15) is 5.10 Å². The highest BCUT2D eigenvalue weighted by Crippen LogP contribution is 2.21. The molecule has 0 aliphatic carbocycles. The number of benzene rings is 2. The van der Waals surface area contributed by atoms with Gasteiger partial charge in [-0.3, -0.25) is 9.59 Å². The maximum atomic E-state index is 12.8. The Labute approximate surface area is 157 Å². The third kappa shape index (κ3) is 5.82. The van der Waals surface area contributed by atoms with E-state index in [0.717, 1.165) is 4.47 Å². The predicted octanol–water partition coefficient (Wildman–Crippen LogP) is 3.24. The molecule has 0 unspecified atom stereocenters. The van der Waals surface area contributed by atoms with E-state index in [0.29, 0.717) is 23.6 Å². The zero-order chi connectivity index (χ0) is 18.9. The quantitative estimate of drug-likeness (QED) is 0.326. The minimum atomic E-state index is -0.958. The minimum Gasteiger partial charge on any atom is -0.490 e. The number of hydrogen-bond acceptors (Lipinski definition) is 4. The lowest BCUT2D eigenvalue weighted by Crippen LogP contribution is -2.32. The van der Waals surface area contributed by atoms with Crippen LogP contribution in [-0.2, 0) is 9.59 Å². The number of nitrogens with one attached hydrogen (secondary N) is 2. The summed E-state index contributed by atoms with van der Waals surface area (Å²) in [4.78, 5) is 23.5. The molecule has 2 N–H and O–H groups in total. The van der Waals surface area contributed by atoms with Crippen LogP contribution in [0.15, 0.2) is 64.7 Å². The third-order valence-corrected chi connectivity index (χ3v) is 3.74. The lowest BCUT2D eigenvalue weighted by Gasteiger charge is -2.06. The van der Waals surface area contributed by atoms with Crippen molar-refractivity contribution in [3.8, 4) is 5.75 Å². The van der Waals surface area contributed by atoms with E-state index in [9.17, 15) is 14.0 Å². The Morgan fingerprint density at radius 1 is 1.19 bits per heavy atom. The second-order valence-electron chi connectivity index (χ2n) is 4.94. The van der Waals surface area contributed by atoms with E-state index in [-0.39, 0.29) is 0 Å². The molecule has 0 bridgehead atoms. The van der Waals surface area contributed by atoms with Gasteiger partial charge in [0.15, 0.2) is 0 Å². The topological polar surface area (TPSA) is 79.8 Å². The smallest absolute Gasteiger partial charge is 0.329 e. The van der Waals surface area contributed by atoms with Crippen LogP contribution in [0.3, 0.4) is 0 Å². The molecule has 0 aliphatic rings. The summed E-state index contributed by atoms with van der Waals surface area (Å²) in [7, 11) is 0. The Hall–Kier alpha value is -3.00. The van der Waals surface area contributed by atoms with Gasteiger partial charge < -0.3 is 10.1 Å². The van der Waals surface area contributed by atoms with Crippen molar-refractivity contribution in [3.05, 3.63) is 71.0 Å². The first-order valence-corrected chi connectivity index (χ1v) is 8.22. The maximum absolute atomic E-state index is 12.8. The summed E-state index contributed by atoms with van der Waals surface area (Å²) in [6, 6.07) is 10.3. The molecule has 2 aromatic rings. The number of amides is 2. The Morgan fingerprint density at radius 3 is 2.62 bits per heavy atom. The summed E-state index contributed by atoms with van der Waals surface area (Å²) >= 11 is 3.36. The van der Waals surface area contributed by atoms with Gasteiger partial charge in [0, 0.05) is 15.7 Å². The molecule has 26 heavy (non-hydrogen) atoms. The number of hydrogen-bond donors (Lipinski definition) is 2. The highest BCUT2D eigenvalue weighted by molar-refractivity contribution is 9.10.